The summed E-state index contributed by atoms with van der Waals surface area (Å²) in [7, 11) is -4.46. The van der Waals surface area contributed by atoms with Crippen molar-refractivity contribution in [2.75, 3.05) is 26.2 Å². The molecule has 2 unspecified atom stereocenters. The van der Waals surface area contributed by atoms with E-state index < -0.39 is 40.7 Å². The van der Waals surface area contributed by atoms with Gasteiger partial charge in [0.05, 0.1) is 17.1 Å². The highest BCUT2D eigenvalue weighted by Crippen LogP contribution is 2.38. The highest BCUT2D eigenvalue weighted by atomic mass is 35.5. The zero-order chi connectivity index (χ0) is 40.3. The second-order valence-corrected chi connectivity index (χ2v) is 16.9. The Hall–Kier alpha value is -4.54. The van der Waals surface area contributed by atoms with Crippen molar-refractivity contribution in [2.45, 2.75) is 61.9 Å². The van der Waals surface area contributed by atoms with Gasteiger partial charge in [-0.3, -0.25) is 4.90 Å². The molecule has 8 rings (SSSR count). The van der Waals surface area contributed by atoms with E-state index in [0.717, 1.165) is 57.2 Å². The molecule has 0 radical (unpaired) electrons. The zero-order valence-corrected chi connectivity index (χ0v) is 32.7. The first kappa shape index (κ1) is 40.6. The summed E-state index contributed by atoms with van der Waals surface area (Å²) in [6, 6.07) is 16.1. The number of nitrogens with zero attached hydrogens (tertiary/aromatic N) is 2. The molecule has 57 heavy (non-hydrogen) atoms. The summed E-state index contributed by atoms with van der Waals surface area (Å²) in [6.45, 7) is -0.434. The number of benzene rings is 3. The van der Waals surface area contributed by atoms with E-state index in [1.807, 2.05) is 0 Å². The Bertz CT molecular complexity index is 2180. The van der Waals surface area contributed by atoms with Crippen molar-refractivity contribution in [1.29, 1.82) is 0 Å². The molecule has 1 aliphatic carbocycles. The Kier molecular flexibility index (Phi) is 12.5. The summed E-state index contributed by atoms with van der Waals surface area (Å²) < 4.78 is 79.8. The molecule has 3 aromatic carbocycles. The molecule has 0 spiro atoms. The maximum absolute atomic E-state index is 13.9. The lowest BCUT2D eigenvalue weighted by atomic mass is 9.86. The van der Waals surface area contributed by atoms with E-state index in [-0.39, 0.29) is 74.1 Å². The van der Waals surface area contributed by atoms with Gasteiger partial charge in [0.25, 0.3) is 0 Å². The van der Waals surface area contributed by atoms with Gasteiger partial charge in [0.15, 0.2) is 23.9 Å². The minimum atomic E-state index is -4.46. The van der Waals surface area contributed by atoms with Crippen molar-refractivity contribution >= 4 is 45.2 Å². The van der Waals surface area contributed by atoms with Gasteiger partial charge in [0, 0.05) is 18.5 Å². The second-order valence-electron chi connectivity index (χ2n) is 14.3. The van der Waals surface area contributed by atoms with Gasteiger partial charge in [0.2, 0.25) is 10.0 Å². The fraction of sp³-hybridized carbons (Fsp3) is 0.375. The van der Waals surface area contributed by atoms with Crippen LogP contribution in [-0.4, -0.2) is 64.2 Å². The number of carbonyl (C=O) groups excluding carboxylic acids is 2. The number of fused-ring (bicyclic) bond motifs is 3. The van der Waals surface area contributed by atoms with Crippen LogP contribution in [0.2, 0.25) is 10.0 Å². The van der Waals surface area contributed by atoms with Gasteiger partial charge < -0.3 is 24.2 Å². The number of pyridine rings is 1. The van der Waals surface area contributed by atoms with Crippen LogP contribution in [0.1, 0.15) is 64.9 Å². The first-order valence-electron chi connectivity index (χ1n) is 18.4. The van der Waals surface area contributed by atoms with Crippen molar-refractivity contribution in [1.82, 2.24) is 9.62 Å². The molecule has 2 bridgehead atoms. The number of ether oxygens (including phenoxy) is 4. The fourth-order valence-corrected chi connectivity index (χ4v) is 8.85. The number of carbonyl (C=O) groups is 2. The summed E-state index contributed by atoms with van der Waals surface area (Å²) in [5, 5.41) is 11.9. The van der Waals surface area contributed by atoms with Crippen LogP contribution in [0.3, 0.4) is 0 Å². The Balaban J connectivity index is 1.15. The topological polar surface area (TPSA) is 147 Å². The van der Waals surface area contributed by atoms with Crippen molar-refractivity contribution in [3.8, 4) is 11.5 Å². The Morgan fingerprint density at radius 3 is 2.28 bits per heavy atom. The summed E-state index contributed by atoms with van der Waals surface area (Å²) in [5.74, 6) is -1.49. The van der Waals surface area contributed by atoms with Crippen LogP contribution in [0.5, 0.6) is 11.5 Å². The van der Waals surface area contributed by atoms with E-state index in [9.17, 15) is 32.0 Å². The fourth-order valence-electron chi connectivity index (χ4n) is 7.03. The van der Waals surface area contributed by atoms with Crippen LogP contribution >= 0.6 is 23.2 Å². The zero-order valence-electron chi connectivity index (χ0n) is 30.4. The normalized spacial score (nSPS) is 20.1. The molecular formula is C40H39Cl2F2N3O9S. The molecule has 12 nitrogen and oxygen atoms in total. The average Bonchev–Trinajstić information content (AvgIpc) is 4.03. The number of sulfonamides is 1. The molecule has 1 aromatic heterocycles. The van der Waals surface area contributed by atoms with Gasteiger partial charge in [-0.1, -0.05) is 65.7 Å². The van der Waals surface area contributed by atoms with E-state index in [1.54, 1.807) is 30.3 Å². The molecule has 0 amide bonds. The van der Waals surface area contributed by atoms with E-state index in [0.29, 0.717) is 16.8 Å². The van der Waals surface area contributed by atoms with Crippen molar-refractivity contribution in [3.63, 3.8) is 0 Å². The van der Waals surface area contributed by atoms with Gasteiger partial charge in [-0.2, -0.15) is 18.2 Å². The number of piperidine rings is 3. The number of hydrogen-bond acceptors (Lipinski definition) is 10. The number of aromatic nitrogens is 1. The van der Waals surface area contributed by atoms with Crippen LogP contribution in [-0.2, 0) is 30.7 Å². The summed E-state index contributed by atoms with van der Waals surface area (Å²) in [5.41, 5.74) is 0.727. The highest BCUT2D eigenvalue weighted by molar-refractivity contribution is 7.89. The van der Waals surface area contributed by atoms with Gasteiger partial charge in [-0.25, -0.2) is 18.0 Å². The molecule has 1 N–H and O–H groups in total. The van der Waals surface area contributed by atoms with Gasteiger partial charge in [-0.05, 0) is 92.1 Å². The molecule has 17 heteroatoms. The Labute approximate surface area is 338 Å². The van der Waals surface area contributed by atoms with Gasteiger partial charge >= 0.3 is 18.6 Å². The lowest BCUT2D eigenvalue weighted by Gasteiger charge is -2.44. The maximum Gasteiger partial charge on any atom is 0.387 e. The van der Waals surface area contributed by atoms with Crippen LogP contribution in [0.15, 0.2) is 90.1 Å². The SMILES string of the molecule is O=C(OC(Cc1c(Cl)c[n+]([O-])cc1Cl)c1ccc(OC(F)F)c(OCC2CC2)c1)c1cccc(S(=O)(=O)NC(C(=O)O[C@@H]2CN3CCC2CC3)c2ccccc2)c1. The monoisotopic (exact) mass is 845 g/mol. The van der Waals surface area contributed by atoms with Crippen LogP contribution < -0.4 is 18.9 Å². The van der Waals surface area contributed by atoms with E-state index >= 15 is 0 Å². The summed E-state index contributed by atoms with van der Waals surface area (Å²) in [4.78, 5) is 29.5. The predicted molar refractivity (Wildman–Crippen MR) is 204 cm³/mol. The lowest BCUT2D eigenvalue weighted by Crippen LogP contribution is -2.52. The number of halogens is 4. The first-order valence-corrected chi connectivity index (χ1v) is 20.7. The molecule has 1 saturated carbocycles. The maximum atomic E-state index is 13.9. The number of hydrogen-bond donors (Lipinski definition) is 1. The van der Waals surface area contributed by atoms with Gasteiger partial charge in [0.1, 0.15) is 28.3 Å². The van der Waals surface area contributed by atoms with Crippen molar-refractivity contribution < 1.29 is 50.5 Å². The summed E-state index contributed by atoms with van der Waals surface area (Å²) >= 11 is 12.8. The molecule has 4 aliphatic rings. The lowest BCUT2D eigenvalue weighted by molar-refractivity contribution is -0.605. The highest BCUT2D eigenvalue weighted by Gasteiger charge is 2.39. The van der Waals surface area contributed by atoms with Crippen LogP contribution in [0.4, 0.5) is 8.78 Å². The third kappa shape index (κ3) is 10.1. The summed E-state index contributed by atoms with van der Waals surface area (Å²) in [6.07, 6.45) is 4.03. The van der Waals surface area contributed by atoms with E-state index in [4.69, 9.17) is 37.4 Å². The number of nitrogens with one attached hydrogen (secondary N) is 1. The third-order valence-corrected chi connectivity index (χ3v) is 12.4. The molecule has 3 saturated heterocycles. The Morgan fingerprint density at radius 1 is 0.912 bits per heavy atom. The number of alkyl halides is 2. The number of esters is 2. The molecule has 3 aliphatic heterocycles. The largest absolute Gasteiger partial charge is 0.619 e. The minimum Gasteiger partial charge on any atom is -0.619 e. The molecule has 4 aromatic rings. The minimum absolute atomic E-state index is 0.0115. The second kappa shape index (κ2) is 17.5. The smallest absolute Gasteiger partial charge is 0.387 e. The van der Waals surface area contributed by atoms with Crippen LogP contribution in [0.25, 0.3) is 0 Å². The first-order chi connectivity index (χ1) is 27.3. The van der Waals surface area contributed by atoms with Crippen molar-refractivity contribution in [2.24, 2.45) is 11.8 Å². The molecule has 4 fully saturated rings. The van der Waals surface area contributed by atoms with E-state index in [2.05, 4.69) is 14.4 Å². The van der Waals surface area contributed by atoms with E-state index in [1.165, 1.54) is 36.4 Å². The molecule has 3 atom stereocenters. The van der Waals surface area contributed by atoms with Crippen molar-refractivity contribution in [3.05, 3.63) is 123 Å². The average molecular weight is 847 g/mol. The number of rotatable bonds is 16. The van der Waals surface area contributed by atoms with Gasteiger partial charge in [-0.15, -0.1) is 0 Å². The van der Waals surface area contributed by atoms with Crippen LogP contribution in [0, 0.1) is 17.0 Å². The molecule has 302 valence electrons. The third-order valence-electron chi connectivity index (χ3n) is 10.3. The predicted octanol–water partition coefficient (Wildman–Crippen LogP) is 6.81. The molecular weight excluding hydrogens is 807 g/mol. The standard InChI is InChI=1S/C40H39Cl2F2N3O9S/c41-31-20-47(50)21-32(42)30(31)19-34(27-11-12-33(56-40(43)44)35(18-27)53-23-24-9-10-24)54-38(48)28-7-4-8-29(17-28)57(51,52)45-37(26-5-2-1-3-6-26)39(49)55-36-22-46-15-13-25(36)14-16-46/h1-8,11-12,17-18,20-21,24-25,34,36-37,40,45H,9-10,13-16,19,22-23H2/t34?,36-,37?/m1/s1. The Morgan fingerprint density at radius 2 is 1.63 bits per heavy atom. The molecule has 4 heterocycles. The quantitative estimate of drug-likeness (QED) is 0.0725.